The molecule has 5 heteroatoms. The Bertz CT molecular complexity index is 175. The molecular formula is C6H7O4Tl. The van der Waals surface area contributed by atoms with Crippen molar-refractivity contribution in [3.05, 3.63) is 12.2 Å². The van der Waals surface area contributed by atoms with Gasteiger partial charge in [-0.15, -0.1) is 0 Å². The number of ether oxygens (including phenoxy) is 1. The van der Waals surface area contributed by atoms with E-state index in [9.17, 15) is 9.59 Å². The van der Waals surface area contributed by atoms with Crippen LogP contribution in [0.15, 0.2) is 12.2 Å². The van der Waals surface area contributed by atoms with E-state index in [1.54, 1.807) is 6.92 Å². The van der Waals surface area contributed by atoms with Gasteiger partial charge in [0, 0.05) is 0 Å². The molecule has 0 saturated heterocycles. The Morgan fingerprint density at radius 1 is 1.36 bits per heavy atom. The van der Waals surface area contributed by atoms with Gasteiger partial charge in [0.15, 0.2) is 0 Å². The Labute approximate surface area is 80.9 Å². The number of carbonyl (C=O) groups excluding carboxylic acids is 2. The third-order valence-electron chi connectivity index (χ3n) is 0.758. The van der Waals surface area contributed by atoms with Crippen LogP contribution in [-0.2, 0) is 17.0 Å². The summed E-state index contributed by atoms with van der Waals surface area (Å²) in [4.78, 5) is 21.0. The molecule has 0 radical (unpaired) electrons. The topological polar surface area (TPSA) is 52.6 Å². The van der Waals surface area contributed by atoms with Gasteiger partial charge >= 0.3 is 80.9 Å². The summed E-state index contributed by atoms with van der Waals surface area (Å²) >= 11 is 0.152. The molecule has 0 amide bonds. The van der Waals surface area contributed by atoms with E-state index in [1.807, 2.05) is 0 Å². The Hall–Kier alpha value is -0.398. The van der Waals surface area contributed by atoms with Crippen molar-refractivity contribution in [2.75, 3.05) is 6.61 Å². The molecule has 0 unspecified atom stereocenters. The molecule has 0 aliphatic heterocycles. The van der Waals surface area contributed by atoms with Gasteiger partial charge in [0.2, 0.25) is 0 Å². The first kappa shape index (κ1) is 10.6. The number of hydrogen-bond acceptors (Lipinski definition) is 4. The van der Waals surface area contributed by atoms with Gasteiger partial charge in [0.1, 0.15) is 0 Å². The van der Waals surface area contributed by atoms with Crippen LogP contribution in [0.1, 0.15) is 6.92 Å². The fraction of sp³-hybridized carbons (Fsp3) is 0.333. The number of hydrogen-bond donors (Lipinski definition) is 0. The predicted octanol–water partition coefficient (Wildman–Crippen LogP) is -0.268. The quantitative estimate of drug-likeness (QED) is 0.401. The molecule has 11 heavy (non-hydrogen) atoms. The molecule has 0 rings (SSSR count). The van der Waals surface area contributed by atoms with Crippen molar-refractivity contribution in [3.63, 3.8) is 0 Å². The molecule has 0 aliphatic rings. The molecule has 58 valence electrons. The van der Waals surface area contributed by atoms with Gasteiger partial charge in [-0.3, -0.25) is 0 Å². The molecule has 0 heterocycles. The van der Waals surface area contributed by atoms with Crippen LogP contribution in [-0.4, -0.2) is 44.8 Å². The summed E-state index contributed by atoms with van der Waals surface area (Å²) in [6, 6.07) is 0. The van der Waals surface area contributed by atoms with E-state index in [-0.39, 0.29) is 26.2 Å². The van der Waals surface area contributed by atoms with E-state index >= 15 is 0 Å². The van der Waals surface area contributed by atoms with Gasteiger partial charge in [-0.25, -0.2) is 0 Å². The SMILES string of the molecule is CCOC(=O)/C=C/C(=O)[O][Tl]. The fourth-order valence-corrected chi connectivity index (χ4v) is 0.671. The Kier molecular flexibility index (Phi) is 6.09. The van der Waals surface area contributed by atoms with Crippen LogP contribution in [0, 0.1) is 0 Å². The molecule has 0 aromatic heterocycles. The maximum atomic E-state index is 10.6. The van der Waals surface area contributed by atoms with Crippen LogP contribution >= 0.6 is 0 Å². The third kappa shape index (κ3) is 6.02. The van der Waals surface area contributed by atoms with Crippen LogP contribution in [0.5, 0.6) is 0 Å². The summed E-state index contributed by atoms with van der Waals surface area (Å²) in [5.41, 5.74) is 0. The summed E-state index contributed by atoms with van der Waals surface area (Å²) in [7, 11) is 0. The first-order chi connectivity index (χ1) is 5.20. The Morgan fingerprint density at radius 2 is 1.91 bits per heavy atom. The second-order valence-electron chi connectivity index (χ2n) is 1.52. The van der Waals surface area contributed by atoms with Crippen molar-refractivity contribution in [1.29, 1.82) is 0 Å². The summed E-state index contributed by atoms with van der Waals surface area (Å²) in [5.74, 6) is -1.02. The van der Waals surface area contributed by atoms with E-state index < -0.39 is 11.9 Å². The Balaban J connectivity index is 3.73. The predicted molar refractivity (Wildman–Crippen MR) is 37.6 cm³/mol. The van der Waals surface area contributed by atoms with Gasteiger partial charge in [-0.2, -0.15) is 0 Å². The van der Waals surface area contributed by atoms with Crippen LogP contribution in [0.25, 0.3) is 0 Å². The van der Waals surface area contributed by atoms with E-state index in [4.69, 9.17) is 0 Å². The van der Waals surface area contributed by atoms with Gasteiger partial charge < -0.3 is 0 Å². The second kappa shape index (κ2) is 6.32. The maximum absolute atomic E-state index is 10.6. The molecule has 4 nitrogen and oxygen atoms in total. The molecule has 0 aromatic rings. The third-order valence-corrected chi connectivity index (χ3v) is 1.66. The monoisotopic (exact) mass is 348 g/mol. The zero-order valence-electron chi connectivity index (χ0n) is 6.07. The minimum atomic E-state index is -0.525. The molecular weight excluding hydrogens is 340 g/mol. The van der Waals surface area contributed by atoms with Gasteiger partial charge in [0.05, 0.1) is 0 Å². The van der Waals surface area contributed by atoms with Gasteiger partial charge in [-0.1, -0.05) is 0 Å². The van der Waals surface area contributed by atoms with Crippen molar-refractivity contribution in [2.24, 2.45) is 0 Å². The van der Waals surface area contributed by atoms with Gasteiger partial charge in [-0.05, 0) is 0 Å². The van der Waals surface area contributed by atoms with Crippen LogP contribution < -0.4 is 0 Å². The molecule has 0 saturated carbocycles. The van der Waals surface area contributed by atoms with Crippen molar-refractivity contribution in [1.82, 2.24) is 0 Å². The number of carbonyl (C=O) groups is 2. The summed E-state index contributed by atoms with van der Waals surface area (Å²) in [5, 5.41) is 0. The van der Waals surface area contributed by atoms with E-state index in [0.717, 1.165) is 12.2 Å². The standard InChI is InChI=1S/C6H8O4.Tl/c1-2-10-6(9)4-3-5(7)8;/h3-4H,2H2,1H3,(H,7,8);/q;+1/p-1/b4-3+;. The van der Waals surface area contributed by atoms with Crippen LogP contribution in [0.2, 0.25) is 0 Å². The number of rotatable bonds is 3. The van der Waals surface area contributed by atoms with E-state index in [0.29, 0.717) is 6.61 Å². The molecule has 0 atom stereocenters. The number of esters is 1. The molecule has 0 fully saturated rings. The zero-order valence-corrected chi connectivity index (χ0v) is 10.6. The van der Waals surface area contributed by atoms with Crippen molar-refractivity contribution in [3.8, 4) is 0 Å². The molecule has 0 N–H and O–H groups in total. The first-order valence-corrected chi connectivity index (χ1v) is 4.79. The van der Waals surface area contributed by atoms with Gasteiger partial charge in [0.25, 0.3) is 0 Å². The van der Waals surface area contributed by atoms with Crippen LogP contribution in [0.3, 0.4) is 0 Å². The summed E-state index contributed by atoms with van der Waals surface area (Å²) < 4.78 is 8.93. The average Bonchev–Trinajstić information content (AvgIpc) is 2.01. The minimum absolute atomic E-state index is 0.152. The Morgan fingerprint density at radius 3 is 2.36 bits per heavy atom. The normalized spacial score (nSPS) is 9.45. The molecule has 0 bridgehead atoms. The summed E-state index contributed by atoms with van der Waals surface area (Å²) in [6.45, 7) is 2.00. The molecule has 0 spiro atoms. The molecule has 0 aliphatic carbocycles. The fourth-order valence-electron chi connectivity index (χ4n) is 0.366. The van der Waals surface area contributed by atoms with E-state index in [1.165, 1.54) is 0 Å². The van der Waals surface area contributed by atoms with Crippen molar-refractivity contribution >= 4 is 38.2 Å². The first-order valence-electron chi connectivity index (χ1n) is 2.96. The average molecular weight is 348 g/mol. The zero-order chi connectivity index (χ0) is 8.69. The van der Waals surface area contributed by atoms with Crippen molar-refractivity contribution in [2.45, 2.75) is 6.92 Å². The summed E-state index contributed by atoms with van der Waals surface area (Å²) in [6.07, 6.45) is 2.10. The van der Waals surface area contributed by atoms with E-state index in [2.05, 4.69) is 7.42 Å². The second-order valence-corrected chi connectivity index (χ2v) is 2.44. The molecule has 0 aromatic carbocycles. The van der Waals surface area contributed by atoms with Crippen molar-refractivity contribution < 1.29 is 17.0 Å². The van der Waals surface area contributed by atoms with Crippen LogP contribution in [0.4, 0.5) is 0 Å².